The third-order valence-electron chi connectivity index (χ3n) is 29.2. The summed E-state index contributed by atoms with van der Waals surface area (Å²) >= 11 is 0. The van der Waals surface area contributed by atoms with Crippen LogP contribution >= 0.6 is 0 Å². The molecular weight excluding hydrogens is 1700 g/mol. The molecule has 0 fully saturated rings. The molecule has 7 heteroatoms. The van der Waals surface area contributed by atoms with Crippen molar-refractivity contribution in [3.63, 3.8) is 0 Å². The van der Waals surface area contributed by atoms with E-state index < -0.39 is 0 Å². The summed E-state index contributed by atoms with van der Waals surface area (Å²) in [6.45, 7) is 14.1. The van der Waals surface area contributed by atoms with Gasteiger partial charge in [-0.05, 0) is 180 Å². The van der Waals surface area contributed by atoms with Gasteiger partial charge in [-0.2, -0.15) is 0 Å². The lowest BCUT2D eigenvalue weighted by molar-refractivity contribution is 0.666. The van der Waals surface area contributed by atoms with E-state index in [1.54, 1.807) is 0 Å². The fourth-order valence-electron chi connectivity index (χ4n) is 22.5. The van der Waals surface area contributed by atoms with Gasteiger partial charge in [0.05, 0.1) is 34.2 Å². The fraction of sp³-hybridized carbons (Fsp3) is 0.0677. The molecule has 0 aliphatic heterocycles. The third-order valence-corrected chi connectivity index (χ3v) is 29.2. The smallest absolute Gasteiger partial charge is 0.160 e. The van der Waals surface area contributed by atoms with Gasteiger partial charge < -0.3 is 4.42 Å². The lowest BCUT2D eigenvalue weighted by Crippen LogP contribution is -2.15. The van der Waals surface area contributed by atoms with Crippen molar-refractivity contribution in [3.05, 3.63) is 494 Å². The highest BCUT2D eigenvalue weighted by molar-refractivity contribution is 6.10. The molecule has 3 aliphatic rings. The summed E-state index contributed by atoms with van der Waals surface area (Å²) in [4.78, 5) is 31.1. The van der Waals surface area contributed by atoms with Gasteiger partial charge >= 0.3 is 0 Å². The monoisotopic (exact) mass is 1790 g/mol. The van der Waals surface area contributed by atoms with Crippen molar-refractivity contribution in [3.8, 4) is 168 Å². The Bertz CT molecular complexity index is 9030. The zero-order chi connectivity index (χ0) is 93.9. The van der Waals surface area contributed by atoms with Crippen LogP contribution in [0.15, 0.2) is 465 Å². The molecule has 7 nitrogen and oxygen atoms in total. The summed E-state index contributed by atoms with van der Waals surface area (Å²) in [7, 11) is 0. The van der Waals surface area contributed by atoms with E-state index in [2.05, 4.69) is 436 Å². The van der Waals surface area contributed by atoms with Crippen molar-refractivity contribution < 1.29 is 4.42 Å². The number of aromatic nitrogens is 6. The highest BCUT2D eigenvalue weighted by atomic mass is 16.3. The van der Waals surface area contributed by atoms with Crippen molar-refractivity contribution in [1.29, 1.82) is 0 Å². The first-order valence-electron chi connectivity index (χ1n) is 48.3. The minimum atomic E-state index is -0.194. The fourth-order valence-corrected chi connectivity index (χ4v) is 22.5. The Morgan fingerprint density at radius 3 is 0.914 bits per heavy atom. The first-order valence-corrected chi connectivity index (χ1v) is 48.3. The molecule has 0 saturated heterocycles. The van der Waals surface area contributed by atoms with Gasteiger partial charge in [-0.15, -0.1) is 0 Å². The molecule has 4 aromatic heterocycles. The lowest BCUT2D eigenvalue weighted by Gasteiger charge is -2.24. The first kappa shape index (κ1) is 84.2. The maximum atomic E-state index is 6.26. The number of fused-ring (bicyclic) bond motifs is 19. The van der Waals surface area contributed by atoms with Crippen LogP contribution in [0.3, 0.4) is 0 Å². The highest BCUT2D eigenvalue weighted by Crippen LogP contribution is 2.59. The summed E-state index contributed by atoms with van der Waals surface area (Å²) in [5.74, 6) is 2.16. The van der Waals surface area contributed by atoms with E-state index in [1.165, 1.54) is 143 Å². The summed E-state index contributed by atoms with van der Waals surface area (Å²) in [5.41, 5.74) is 39.3. The molecule has 20 aromatic carbocycles. The minimum Gasteiger partial charge on any atom is -0.456 e. The molecule has 0 bridgehead atoms. The minimum absolute atomic E-state index is 0.142. The molecule has 0 amide bonds. The zero-order valence-corrected chi connectivity index (χ0v) is 78.5. The third kappa shape index (κ3) is 14.5. The van der Waals surface area contributed by atoms with Crippen LogP contribution in [-0.2, 0) is 16.2 Å². The second-order valence-corrected chi connectivity index (χ2v) is 38.6. The van der Waals surface area contributed by atoms with E-state index in [1.807, 2.05) is 66.7 Å². The van der Waals surface area contributed by atoms with Crippen molar-refractivity contribution in [2.45, 2.75) is 57.8 Å². The topological polar surface area (TPSA) is 90.5 Å². The van der Waals surface area contributed by atoms with Gasteiger partial charge in [-0.25, -0.2) is 29.9 Å². The van der Waals surface area contributed by atoms with Gasteiger partial charge in [0.1, 0.15) is 11.2 Å². The van der Waals surface area contributed by atoms with Crippen LogP contribution in [0, 0.1) is 0 Å². The standard InChI is InChI=1S/C47H34N2.C45H32N2.C41H28N2O/c1-47(2)41-23-13-22-39(44(41)40-29-28-37-36(33-16-8-4-9-17-33)20-12-21-38(37)45(40)47)43-30-42(48-46(49-43)35-18-10-5-11-19-35)34-26-24-32(25-27-34)31-14-6-3-7-15-31;1-45(2)39-21-11-20-37(42(39)38-27-26-30-13-7-9-18-36(30)43(38)45)41-28-40(46-44(47-41)33-14-4-3-5-15-33)32-24-22-31(23-25-32)35-19-10-16-29-12-6-8-17-34(29)35;1-41(2)33-17-10-16-31(38(33)32-22-19-25-11-6-7-14-28(25)39(32)41)35-24-34(42-40(43-35)26-12-4-3-5-13-26)27-20-21-30-29-15-8-9-18-36(29)44-37(30)23-27/h3-30H,1-2H3;3-28H,1-2H3;3-24H,1-2H3. The quantitative estimate of drug-likeness (QED) is 0.120. The van der Waals surface area contributed by atoms with Gasteiger partial charge in [0, 0.05) is 77.1 Å². The van der Waals surface area contributed by atoms with Crippen LogP contribution in [0.1, 0.15) is 74.9 Å². The second-order valence-electron chi connectivity index (χ2n) is 38.6. The van der Waals surface area contributed by atoms with Crippen molar-refractivity contribution >= 4 is 65.0 Å². The van der Waals surface area contributed by atoms with Crippen LogP contribution in [0.2, 0.25) is 0 Å². The van der Waals surface area contributed by atoms with Crippen molar-refractivity contribution in [1.82, 2.24) is 29.9 Å². The van der Waals surface area contributed by atoms with Crippen LogP contribution < -0.4 is 0 Å². The molecular formula is C133H94N6O. The van der Waals surface area contributed by atoms with E-state index in [0.29, 0.717) is 5.82 Å². The Balaban J connectivity index is 0.000000111. The van der Waals surface area contributed by atoms with Crippen LogP contribution in [0.4, 0.5) is 0 Å². The Hall–Kier alpha value is -17.5. The number of hydrogen-bond donors (Lipinski definition) is 0. The SMILES string of the molecule is CC1(C)c2cccc(-c3cc(-c4ccc(-c5cccc6ccccc56)cc4)nc(-c4ccccc4)n3)c2-c2ccc3ccccc3c21.CC1(C)c2cccc(-c3cc(-c4ccc(-c5ccccc5)cc4)nc(-c4ccccc4)n3)c2-c2ccc3c(-c4ccccc4)cccc3c21.CC1(C)c2cccc(-c3cc(-c4ccc5c(c4)oc4ccccc45)nc(-c4ccccc4)n3)c2-c2ccc3ccccc3c21. The molecule has 0 saturated carbocycles. The molecule has 24 aromatic rings. The number of benzene rings is 20. The summed E-state index contributed by atoms with van der Waals surface area (Å²) in [6.07, 6.45) is 0. The predicted octanol–water partition coefficient (Wildman–Crippen LogP) is 34.9. The van der Waals surface area contributed by atoms with E-state index in [-0.39, 0.29) is 16.2 Å². The predicted molar refractivity (Wildman–Crippen MR) is 581 cm³/mol. The van der Waals surface area contributed by atoms with E-state index in [9.17, 15) is 0 Å². The maximum Gasteiger partial charge on any atom is 0.160 e. The molecule has 0 radical (unpaired) electrons. The molecule has 27 rings (SSSR count). The van der Waals surface area contributed by atoms with Crippen LogP contribution in [0.5, 0.6) is 0 Å². The average Bonchev–Trinajstić information content (AvgIpc) is 1.57. The Morgan fingerprint density at radius 2 is 0.450 bits per heavy atom. The number of nitrogens with zero attached hydrogens (tertiary/aromatic N) is 6. The van der Waals surface area contributed by atoms with E-state index in [0.717, 1.165) is 118 Å². The van der Waals surface area contributed by atoms with Gasteiger partial charge in [-0.1, -0.05) is 466 Å². The molecule has 4 heterocycles. The van der Waals surface area contributed by atoms with Crippen LogP contribution in [-0.4, -0.2) is 29.9 Å². The zero-order valence-electron chi connectivity index (χ0n) is 78.5. The van der Waals surface area contributed by atoms with Gasteiger partial charge in [0.2, 0.25) is 0 Å². The Kier molecular flexibility index (Phi) is 20.5. The normalized spacial score (nSPS) is 13.1. The van der Waals surface area contributed by atoms with E-state index in [4.69, 9.17) is 34.3 Å². The van der Waals surface area contributed by atoms with Crippen LogP contribution in [0.25, 0.3) is 233 Å². The molecule has 3 aliphatic carbocycles. The number of hydrogen-bond acceptors (Lipinski definition) is 7. The Morgan fingerprint density at radius 1 is 0.164 bits per heavy atom. The molecule has 140 heavy (non-hydrogen) atoms. The highest BCUT2D eigenvalue weighted by Gasteiger charge is 2.42. The maximum absolute atomic E-state index is 6.26. The molecule has 0 atom stereocenters. The number of para-hydroxylation sites is 1. The first-order chi connectivity index (χ1) is 68.7. The number of rotatable bonds is 12. The molecule has 662 valence electrons. The molecule has 0 unspecified atom stereocenters. The van der Waals surface area contributed by atoms with Gasteiger partial charge in [0.25, 0.3) is 0 Å². The number of furan rings is 1. The average molecular weight is 1790 g/mol. The van der Waals surface area contributed by atoms with E-state index >= 15 is 0 Å². The molecule has 0 N–H and O–H groups in total. The summed E-state index contributed by atoms with van der Waals surface area (Å²) in [5, 5.41) is 12.5. The second kappa shape index (κ2) is 34.1. The molecule has 0 spiro atoms. The summed E-state index contributed by atoms with van der Waals surface area (Å²) in [6, 6.07) is 164. The van der Waals surface area contributed by atoms with Crippen molar-refractivity contribution in [2.24, 2.45) is 0 Å². The van der Waals surface area contributed by atoms with Crippen molar-refractivity contribution in [2.75, 3.05) is 0 Å². The van der Waals surface area contributed by atoms with Gasteiger partial charge in [0.15, 0.2) is 17.5 Å². The lowest BCUT2D eigenvalue weighted by atomic mass is 9.79. The largest absolute Gasteiger partial charge is 0.456 e. The Labute approximate surface area is 814 Å². The van der Waals surface area contributed by atoms with Gasteiger partial charge in [-0.3, -0.25) is 0 Å². The summed E-state index contributed by atoms with van der Waals surface area (Å²) < 4.78 is 6.26.